The second kappa shape index (κ2) is 11.8. The maximum atomic E-state index is 14.1. The molecule has 0 radical (unpaired) electrons. The van der Waals surface area contributed by atoms with Gasteiger partial charge in [0.15, 0.2) is 6.35 Å². The summed E-state index contributed by atoms with van der Waals surface area (Å²) in [5.41, 5.74) is -0.0367. The number of alkyl halides is 3. The van der Waals surface area contributed by atoms with Gasteiger partial charge in [-0.25, -0.2) is 12.8 Å². The fourth-order valence-corrected chi connectivity index (χ4v) is 6.46. The van der Waals surface area contributed by atoms with Gasteiger partial charge in [0, 0.05) is 57.8 Å². The molecule has 2 aliphatic rings. The minimum absolute atomic E-state index is 0.0420. The van der Waals surface area contributed by atoms with Gasteiger partial charge in [-0.05, 0) is 48.5 Å². The molecule has 0 amide bonds. The highest BCUT2D eigenvalue weighted by atomic mass is 35.5. The van der Waals surface area contributed by atoms with Crippen molar-refractivity contribution >= 4 is 33.2 Å². The SMILES string of the molecule is CN(Cc1cc(F)cc(C(F)(F)F)c1)[C@H]1CN(C(O)N2CCN(S(C)(=O)=O)CC2)C[C@@H]1c1ccc(Cl)c(Cl)c1. The van der Waals surface area contributed by atoms with Gasteiger partial charge in [-0.15, -0.1) is 0 Å². The standard InChI is InChI=1S/C25H30Cl2F4N4O3S/c1-32(13-16-9-18(25(29,30)31)12-19(28)10-16)23-15-34(14-20(23)17-3-4-21(26)22(27)11-17)24(36)33-5-7-35(8-6-33)39(2,37)38/h3-4,9-12,20,23-24,36H,5-8,13-15H2,1-2H3/t20-,23+,24?/m1/s1. The molecule has 0 spiro atoms. The molecule has 1 N–H and O–H groups in total. The van der Waals surface area contributed by atoms with Crippen molar-refractivity contribution in [2.75, 3.05) is 52.6 Å². The Bertz CT molecular complexity index is 1290. The Morgan fingerprint density at radius 2 is 1.69 bits per heavy atom. The van der Waals surface area contributed by atoms with Crippen LogP contribution in [-0.2, 0) is 22.7 Å². The van der Waals surface area contributed by atoms with E-state index in [0.717, 1.165) is 24.0 Å². The largest absolute Gasteiger partial charge is 0.416 e. The Morgan fingerprint density at radius 3 is 2.28 bits per heavy atom. The number of hydrogen-bond donors (Lipinski definition) is 1. The Kier molecular flexibility index (Phi) is 9.19. The highest BCUT2D eigenvalue weighted by Gasteiger charge is 2.41. The number of rotatable bonds is 7. The first-order valence-corrected chi connectivity index (χ1v) is 14.9. The number of likely N-dealkylation sites (N-methyl/N-ethyl adjacent to an activating group) is 1. The van der Waals surface area contributed by atoms with Crippen molar-refractivity contribution in [1.82, 2.24) is 19.0 Å². The third-order valence-corrected chi connectivity index (χ3v) is 9.41. The zero-order valence-electron chi connectivity index (χ0n) is 21.4. The van der Waals surface area contributed by atoms with E-state index in [2.05, 4.69) is 0 Å². The van der Waals surface area contributed by atoms with Gasteiger partial charge < -0.3 is 5.11 Å². The summed E-state index contributed by atoms with van der Waals surface area (Å²) in [7, 11) is -1.58. The average molecular weight is 614 g/mol. The van der Waals surface area contributed by atoms with Gasteiger partial charge in [-0.2, -0.15) is 17.5 Å². The number of hydrogen-bond acceptors (Lipinski definition) is 6. The summed E-state index contributed by atoms with van der Waals surface area (Å²) in [6, 6.07) is 7.46. The Balaban J connectivity index is 1.56. The van der Waals surface area contributed by atoms with E-state index in [-0.39, 0.29) is 37.2 Å². The molecule has 0 bridgehead atoms. The van der Waals surface area contributed by atoms with Crippen molar-refractivity contribution in [2.24, 2.45) is 0 Å². The molecule has 0 aliphatic carbocycles. The molecule has 7 nitrogen and oxygen atoms in total. The fourth-order valence-electron chi connectivity index (χ4n) is 5.33. The quantitative estimate of drug-likeness (QED) is 0.479. The number of aliphatic hydroxyl groups is 1. The van der Waals surface area contributed by atoms with E-state index in [9.17, 15) is 31.1 Å². The molecule has 0 saturated carbocycles. The van der Waals surface area contributed by atoms with Crippen LogP contribution in [-0.4, -0.2) is 97.5 Å². The molecule has 1 unspecified atom stereocenters. The number of nitrogens with zero attached hydrogens (tertiary/aromatic N) is 4. The van der Waals surface area contributed by atoms with Crippen molar-refractivity contribution in [1.29, 1.82) is 0 Å². The summed E-state index contributed by atoms with van der Waals surface area (Å²) in [4.78, 5) is 5.48. The summed E-state index contributed by atoms with van der Waals surface area (Å²) in [6.07, 6.45) is -4.52. The molecule has 39 heavy (non-hydrogen) atoms. The van der Waals surface area contributed by atoms with Gasteiger partial charge in [-0.3, -0.25) is 14.7 Å². The molecule has 2 aliphatic heterocycles. The van der Waals surface area contributed by atoms with Gasteiger partial charge in [0.25, 0.3) is 0 Å². The highest BCUT2D eigenvalue weighted by Crippen LogP contribution is 2.36. The van der Waals surface area contributed by atoms with E-state index in [1.807, 2.05) is 15.9 Å². The topological polar surface area (TPSA) is 67.3 Å². The van der Waals surface area contributed by atoms with Crippen LogP contribution in [0.1, 0.15) is 22.6 Å². The van der Waals surface area contributed by atoms with E-state index >= 15 is 0 Å². The van der Waals surface area contributed by atoms with Crippen molar-refractivity contribution in [3.05, 3.63) is 69.0 Å². The van der Waals surface area contributed by atoms with Crippen LogP contribution in [0.15, 0.2) is 36.4 Å². The lowest BCUT2D eigenvalue weighted by Gasteiger charge is -2.39. The van der Waals surface area contributed by atoms with Crippen LogP contribution in [0, 0.1) is 5.82 Å². The molecule has 2 saturated heterocycles. The van der Waals surface area contributed by atoms with Crippen molar-refractivity contribution < 1.29 is 31.1 Å². The predicted molar refractivity (Wildman–Crippen MR) is 141 cm³/mol. The van der Waals surface area contributed by atoms with Crippen LogP contribution in [0.3, 0.4) is 0 Å². The normalized spacial score (nSPS) is 23.0. The zero-order chi connectivity index (χ0) is 28.7. The lowest BCUT2D eigenvalue weighted by Crippen LogP contribution is -2.56. The molecule has 2 heterocycles. The zero-order valence-corrected chi connectivity index (χ0v) is 23.7. The van der Waals surface area contributed by atoms with Gasteiger partial charge >= 0.3 is 6.18 Å². The maximum Gasteiger partial charge on any atom is 0.416 e. The van der Waals surface area contributed by atoms with Crippen LogP contribution in [0.4, 0.5) is 17.6 Å². The Hall–Kier alpha value is -1.51. The number of sulfonamides is 1. The summed E-state index contributed by atoms with van der Waals surface area (Å²) in [5, 5.41) is 12.0. The molecule has 3 atom stereocenters. The molecular weight excluding hydrogens is 583 g/mol. The van der Waals surface area contributed by atoms with Crippen LogP contribution >= 0.6 is 23.2 Å². The minimum atomic E-state index is -4.67. The number of likely N-dealkylation sites (tertiary alicyclic amines) is 1. The molecule has 0 aromatic heterocycles. The summed E-state index contributed by atoms with van der Waals surface area (Å²) >= 11 is 12.4. The lowest BCUT2D eigenvalue weighted by molar-refractivity contribution is -0.137. The van der Waals surface area contributed by atoms with E-state index in [1.165, 1.54) is 4.31 Å². The van der Waals surface area contributed by atoms with Crippen LogP contribution in [0.25, 0.3) is 0 Å². The van der Waals surface area contributed by atoms with E-state index in [0.29, 0.717) is 42.3 Å². The average Bonchev–Trinajstić information content (AvgIpc) is 3.30. The highest BCUT2D eigenvalue weighted by molar-refractivity contribution is 7.88. The number of piperazine rings is 1. The first-order chi connectivity index (χ1) is 18.1. The molecule has 14 heteroatoms. The Morgan fingerprint density at radius 1 is 1.03 bits per heavy atom. The molecule has 2 fully saturated rings. The van der Waals surface area contributed by atoms with E-state index in [4.69, 9.17) is 23.2 Å². The Labute approximate surface area is 235 Å². The number of aliphatic hydroxyl groups excluding tert-OH is 1. The number of halogens is 6. The fraction of sp³-hybridized carbons (Fsp3) is 0.520. The molecular formula is C25H30Cl2F4N4O3S. The first kappa shape index (κ1) is 30.4. The summed E-state index contributed by atoms with van der Waals surface area (Å²) in [5.74, 6) is -1.17. The predicted octanol–water partition coefficient (Wildman–Crippen LogP) is 3.90. The monoisotopic (exact) mass is 612 g/mol. The minimum Gasteiger partial charge on any atom is -0.365 e. The van der Waals surface area contributed by atoms with Crippen LogP contribution in [0.5, 0.6) is 0 Å². The summed E-state index contributed by atoms with van der Waals surface area (Å²) in [6.45, 7) is 1.99. The molecule has 4 rings (SSSR count). The van der Waals surface area contributed by atoms with Crippen molar-refractivity contribution in [3.8, 4) is 0 Å². The van der Waals surface area contributed by atoms with Gasteiger partial charge in [0.05, 0.1) is 21.9 Å². The van der Waals surface area contributed by atoms with E-state index < -0.39 is 33.9 Å². The van der Waals surface area contributed by atoms with Crippen molar-refractivity contribution in [2.45, 2.75) is 31.0 Å². The first-order valence-electron chi connectivity index (χ1n) is 12.3. The maximum absolute atomic E-state index is 14.1. The molecule has 216 valence electrons. The van der Waals surface area contributed by atoms with Gasteiger partial charge in [0.2, 0.25) is 10.0 Å². The van der Waals surface area contributed by atoms with Crippen molar-refractivity contribution in [3.63, 3.8) is 0 Å². The molecule has 2 aromatic carbocycles. The van der Waals surface area contributed by atoms with Gasteiger partial charge in [-0.1, -0.05) is 29.3 Å². The van der Waals surface area contributed by atoms with Crippen LogP contribution in [0.2, 0.25) is 10.0 Å². The van der Waals surface area contributed by atoms with E-state index in [1.54, 1.807) is 24.1 Å². The smallest absolute Gasteiger partial charge is 0.365 e. The second-order valence-corrected chi connectivity index (χ2v) is 12.9. The second-order valence-electron chi connectivity index (χ2n) is 10.1. The third-order valence-electron chi connectivity index (χ3n) is 7.37. The van der Waals surface area contributed by atoms with Crippen LogP contribution < -0.4 is 0 Å². The molecule has 2 aromatic rings. The third kappa shape index (κ3) is 7.23. The lowest BCUT2D eigenvalue weighted by atomic mass is 9.93. The number of benzene rings is 2. The summed E-state index contributed by atoms with van der Waals surface area (Å²) < 4.78 is 78.9. The van der Waals surface area contributed by atoms with Gasteiger partial charge in [0.1, 0.15) is 5.82 Å².